The van der Waals surface area contributed by atoms with Gasteiger partial charge in [0.2, 0.25) is 10.9 Å². The fourth-order valence-electron chi connectivity index (χ4n) is 3.75. The molecule has 0 saturated heterocycles. The molecular weight excluding hydrogens is 550 g/mol. The molecular formula is C25H18BrN3O4S2. The highest BCUT2D eigenvalue weighted by Crippen LogP contribution is 2.44. The molecule has 7 nitrogen and oxygen atoms in total. The Bertz CT molecular complexity index is 1430. The van der Waals surface area contributed by atoms with E-state index in [9.17, 15) is 14.7 Å². The highest BCUT2D eigenvalue weighted by Gasteiger charge is 2.46. The van der Waals surface area contributed by atoms with Gasteiger partial charge in [-0.1, -0.05) is 81.0 Å². The summed E-state index contributed by atoms with van der Waals surface area (Å²) < 4.78 is 6.70. The maximum absolute atomic E-state index is 13.3. The summed E-state index contributed by atoms with van der Waals surface area (Å²) in [5, 5.41) is 19.6. The lowest BCUT2D eigenvalue weighted by Gasteiger charge is -2.24. The van der Waals surface area contributed by atoms with Gasteiger partial charge >= 0.3 is 0 Å². The van der Waals surface area contributed by atoms with E-state index in [1.807, 2.05) is 13.0 Å². The van der Waals surface area contributed by atoms with Crippen molar-refractivity contribution in [2.24, 2.45) is 0 Å². The minimum Gasteiger partial charge on any atom is -0.503 e. The number of hydrogen-bond acceptors (Lipinski definition) is 8. The molecule has 4 aromatic rings. The van der Waals surface area contributed by atoms with Gasteiger partial charge in [0.1, 0.15) is 0 Å². The van der Waals surface area contributed by atoms with Crippen LogP contribution in [-0.4, -0.2) is 27.0 Å². The van der Waals surface area contributed by atoms with Gasteiger partial charge in [0.05, 0.1) is 17.9 Å². The van der Waals surface area contributed by atoms with E-state index in [1.165, 1.54) is 45.9 Å². The Hall–Kier alpha value is -3.21. The van der Waals surface area contributed by atoms with Crippen molar-refractivity contribution in [3.05, 3.63) is 105 Å². The molecule has 176 valence electrons. The molecule has 0 radical (unpaired) electrons. The monoisotopic (exact) mass is 567 g/mol. The van der Waals surface area contributed by atoms with Crippen molar-refractivity contribution in [1.82, 2.24) is 10.2 Å². The number of halogens is 1. The molecule has 35 heavy (non-hydrogen) atoms. The lowest BCUT2D eigenvalue weighted by atomic mass is 9.95. The van der Waals surface area contributed by atoms with Crippen LogP contribution in [0.3, 0.4) is 0 Å². The second-order valence-corrected chi connectivity index (χ2v) is 10.9. The van der Waals surface area contributed by atoms with Gasteiger partial charge in [-0.15, -0.1) is 10.2 Å². The van der Waals surface area contributed by atoms with Crippen LogP contribution in [0.4, 0.5) is 5.13 Å². The number of anilines is 1. The lowest BCUT2D eigenvalue weighted by Crippen LogP contribution is -2.31. The minimum atomic E-state index is -0.888. The first kappa shape index (κ1) is 23.5. The highest BCUT2D eigenvalue weighted by atomic mass is 79.9. The van der Waals surface area contributed by atoms with E-state index in [0.717, 1.165) is 10.0 Å². The van der Waals surface area contributed by atoms with E-state index in [1.54, 1.807) is 24.3 Å². The zero-order valence-electron chi connectivity index (χ0n) is 18.3. The molecule has 2 aromatic heterocycles. The van der Waals surface area contributed by atoms with E-state index in [4.69, 9.17) is 4.42 Å². The van der Waals surface area contributed by atoms with Crippen LogP contribution in [0.1, 0.15) is 33.3 Å². The second kappa shape index (κ2) is 9.80. The van der Waals surface area contributed by atoms with Crippen LogP contribution in [0, 0.1) is 6.92 Å². The number of carbonyl (C=O) groups excluding carboxylic acids is 2. The first-order valence-electron chi connectivity index (χ1n) is 10.5. The number of aromatic nitrogens is 2. The number of hydrogen-bond donors (Lipinski definition) is 1. The van der Waals surface area contributed by atoms with Crippen molar-refractivity contribution in [3.63, 3.8) is 0 Å². The second-order valence-electron chi connectivity index (χ2n) is 7.83. The Morgan fingerprint density at radius 2 is 1.97 bits per heavy atom. The summed E-state index contributed by atoms with van der Waals surface area (Å²) in [4.78, 5) is 27.8. The zero-order chi connectivity index (χ0) is 24.5. The summed E-state index contributed by atoms with van der Waals surface area (Å²) in [6.07, 6.45) is 1.37. The molecule has 0 aliphatic carbocycles. The molecule has 2 aromatic carbocycles. The smallest absolute Gasteiger partial charge is 0.296 e. The number of aliphatic hydroxyl groups excluding tert-OH is 1. The van der Waals surface area contributed by atoms with Crippen LogP contribution >= 0.6 is 39.0 Å². The van der Waals surface area contributed by atoms with Crippen LogP contribution in [0.2, 0.25) is 0 Å². The molecule has 5 rings (SSSR count). The van der Waals surface area contributed by atoms with Gasteiger partial charge in [-0.3, -0.25) is 14.5 Å². The Balaban J connectivity index is 1.48. The molecule has 0 spiro atoms. The molecule has 1 aliphatic rings. The number of carbonyl (C=O) groups is 2. The number of furan rings is 1. The van der Waals surface area contributed by atoms with Crippen LogP contribution in [0.25, 0.3) is 0 Å². The highest BCUT2D eigenvalue weighted by molar-refractivity contribution is 9.10. The maximum atomic E-state index is 13.3. The van der Waals surface area contributed by atoms with Crippen molar-refractivity contribution in [2.45, 2.75) is 23.1 Å². The first-order valence-corrected chi connectivity index (χ1v) is 13.1. The molecule has 0 bridgehead atoms. The van der Waals surface area contributed by atoms with E-state index in [-0.39, 0.29) is 11.3 Å². The quantitative estimate of drug-likeness (QED) is 0.159. The van der Waals surface area contributed by atoms with E-state index < -0.39 is 23.5 Å². The summed E-state index contributed by atoms with van der Waals surface area (Å²) in [5.41, 5.74) is 2.91. The van der Waals surface area contributed by atoms with Gasteiger partial charge in [0.25, 0.3) is 5.91 Å². The fraction of sp³-hybridized carbons (Fsp3) is 0.120. The van der Waals surface area contributed by atoms with Crippen molar-refractivity contribution in [3.8, 4) is 0 Å². The van der Waals surface area contributed by atoms with E-state index in [0.29, 0.717) is 20.8 Å². The summed E-state index contributed by atoms with van der Waals surface area (Å²) in [5.74, 6) is -1.17. The number of ketones is 1. The maximum Gasteiger partial charge on any atom is 0.296 e. The largest absolute Gasteiger partial charge is 0.503 e. The number of Topliss-reactive ketones (excluding diaryl/α,β-unsaturated/α-hetero) is 1. The lowest BCUT2D eigenvalue weighted by molar-refractivity contribution is -0.117. The normalized spacial score (nSPS) is 15.8. The fourth-order valence-corrected chi connectivity index (χ4v) is 5.99. The Morgan fingerprint density at radius 1 is 1.17 bits per heavy atom. The minimum absolute atomic E-state index is 0.0350. The van der Waals surface area contributed by atoms with Gasteiger partial charge in [-0.2, -0.15) is 0 Å². The molecule has 10 heteroatoms. The van der Waals surface area contributed by atoms with Gasteiger partial charge < -0.3 is 9.52 Å². The topological polar surface area (TPSA) is 96.5 Å². The number of aryl methyl sites for hydroxylation is 1. The third kappa shape index (κ3) is 4.69. The molecule has 1 atom stereocenters. The molecule has 1 amide bonds. The summed E-state index contributed by atoms with van der Waals surface area (Å²) in [7, 11) is 0. The van der Waals surface area contributed by atoms with Crippen molar-refractivity contribution in [1.29, 1.82) is 0 Å². The predicted molar refractivity (Wildman–Crippen MR) is 138 cm³/mol. The number of thioether (sulfide) groups is 1. The summed E-state index contributed by atoms with van der Waals surface area (Å²) in [6.45, 7) is 2.04. The summed E-state index contributed by atoms with van der Waals surface area (Å²) in [6, 6.07) is 17.7. The first-order chi connectivity index (χ1) is 16.9. The Kier molecular flexibility index (Phi) is 6.59. The number of aliphatic hydroxyl groups is 1. The van der Waals surface area contributed by atoms with Crippen molar-refractivity contribution in [2.75, 3.05) is 4.90 Å². The molecule has 1 N–H and O–H groups in total. The Morgan fingerprint density at radius 3 is 2.69 bits per heavy atom. The molecule has 1 aliphatic heterocycles. The number of nitrogens with zero attached hydrogens (tertiary/aromatic N) is 3. The number of benzene rings is 2. The third-order valence-electron chi connectivity index (χ3n) is 5.45. The average Bonchev–Trinajstić information content (AvgIpc) is 3.59. The molecule has 3 heterocycles. The Labute approximate surface area is 217 Å². The SMILES string of the molecule is Cc1ccc(CSc2nnc(N3C(=O)C(O)=C(C(=O)c4ccco4)C3c3cccc(Br)c3)s2)cc1. The van der Waals surface area contributed by atoms with E-state index >= 15 is 0 Å². The van der Waals surface area contributed by atoms with Crippen LogP contribution in [-0.2, 0) is 10.5 Å². The summed E-state index contributed by atoms with van der Waals surface area (Å²) >= 11 is 6.19. The number of amides is 1. The van der Waals surface area contributed by atoms with Gasteiger partial charge in [-0.05, 0) is 42.3 Å². The van der Waals surface area contributed by atoms with Crippen LogP contribution < -0.4 is 4.90 Å². The zero-order valence-corrected chi connectivity index (χ0v) is 21.6. The number of rotatable bonds is 7. The molecule has 1 unspecified atom stereocenters. The van der Waals surface area contributed by atoms with Crippen LogP contribution in [0.15, 0.2) is 91.5 Å². The standard InChI is InChI=1S/C25H18BrN3O4S2/c1-14-7-9-15(10-8-14)13-34-25-28-27-24(35-25)29-20(16-4-2-5-17(26)12-16)19(22(31)23(29)32)21(30)18-6-3-11-33-18/h2-12,20,31H,13H2,1H3. The molecule has 0 fully saturated rings. The third-order valence-corrected chi connectivity index (χ3v) is 8.07. The van der Waals surface area contributed by atoms with Gasteiger partial charge in [0, 0.05) is 10.2 Å². The van der Waals surface area contributed by atoms with Crippen molar-refractivity contribution >= 4 is 55.9 Å². The molecule has 0 saturated carbocycles. The average molecular weight is 568 g/mol. The van der Waals surface area contributed by atoms with Gasteiger partial charge in [0.15, 0.2) is 15.9 Å². The predicted octanol–water partition coefficient (Wildman–Crippen LogP) is 6.28. The van der Waals surface area contributed by atoms with Crippen LogP contribution in [0.5, 0.6) is 0 Å². The van der Waals surface area contributed by atoms with E-state index in [2.05, 4.69) is 50.4 Å². The van der Waals surface area contributed by atoms with Crippen molar-refractivity contribution < 1.29 is 19.1 Å². The van der Waals surface area contributed by atoms with Gasteiger partial charge in [-0.25, -0.2) is 0 Å².